The van der Waals surface area contributed by atoms with Gasteiger partial charge < -0.3 is 4.74 Å². The molecule has 0 N–H and O–H groups in total. The van der Waals surface area contributed by atoms with Crippen LogP contribution in [0, 0.1) is 0 Å². The summed E-state index contributed by atoms with van der Waals surface area (Å²) in [4.78, 5) is 11.7. The molecule has 2 rings (SSSR count). The lowest BCUT2D eigenvalue weighted by molar-refractivity contribution is 0.0524. The molecule has 0 fully saturated rings. The number of carbonyl (C=O) groups excluding carboxylic acids is 1. The van der Waals surface area contributed by atoms with E-state index in [2.05, 4.69) is 10.2 Å². The van der Waals surface area contributed by atoms with Crippen molar-refractivity contribution in [3.8, 4) is 0 Å². The van der Waals surface area contributed by atoms with Crippen LogP contribution in [0.1, 0.15) is 23.0 Å². The minimum atomic E-state index is -0.345. The summed E-state index contributed by atoms with van der Waals surface area (Å²) in [6.07, 6.45) is 5.05. The maximum Gasteiger partial charge on any atom is 0.341 e. The second-order valence-corrected chi connectivity index (χ2v) is 3.55. The van der Waals surface area contributed by atoms with Crippen LogP contribution in [0.15, 0.2) is 24.7 Å². The molecule has 0 saturated carbocycles. The van der Waals surface area contributed by atoms with Gasteiger partial charge in [-0.25, -0.2) is 4.79 Å². The molecule has 0 aliphatic heterocycles. The molecule has 0 radical (unpaired) electrons. The van der Waals surface area contributed by atoms with E-state index in [9.17, 15) is 4.79 Å². The van der Waals surface area contributed by atoms with Crippen molar-refractivity contribution in [2.45, 2.75) is 13.5 Å². The average Bonchev–Trinajstić information content (AvgIpc) is 2.91. The zero-order chi connectivity index (χ0) is 12.3. The van der Waals surface area contributed by atoms with Crippen LogP contribution in [-0.4, -0.2) is 32.1 Å². The number of hydrogen-bond acceptors (Lipinski definition) is 4. The normalized spacial score (nSPS) is 10.5. The van der Waals surface area contributed by atoms with Crippen LogP contribution in [-0.2, 0) is 18.3 Å². The smallest absolute Gasteiger partial charge is 0.341 e. The molecular formula is C11H14N4O2. The van der Waals surface area contributed by atoms with Gasteiger partial charge in [0.05, 0.1) is 25.0 Å². The van der Waals surface area contributed by atoms with E-state index < -0.39 is 0 Å². The molecule has 2 aromatic rings. The number of hydrogen-bond donors (Lipinski definition) is 0. The standard InChI is InChI=1S/C11H14N4O2/c1-3-17-11(16)9-7-13-14(2)10(9)8-15-6-4-5-12-15/h4-7H,3,8H2,1-2H3. The van der Waals surface area contributed by atoms with Gasteiger partial charge in [0.25, 0.3) is 0 Å². The highest BCUT2D eigenvalue weighted by Gasteiger charge is 2.17. The predicted molar refractivity (Wildman–Crippen MR) is 60.5 cm³/mol. The molecule has 0 atom stereocenters. The highest BCUT2D eigenvalue weighted by Crippen LogP contribution is 2.10. The van der Waals surface area contributed by atoms with Crippen molar-refractivity contribution in [2.24, 2.45) is 7.05 Å². The van der Waals surface area contributed by atoms with Crippen molar-refractivity contribution in [1.82, 2.24) is 19.6 Å². The molecule has 0 bridgehead atoms. The van der Waals surface area contributed by atoms with Crippen molar-refractivity contribution in [3.63, 3.8) is 0 Å². The number of aryl methyl sites for hydroxylation is 1. The second-order valence-electron chi connectivity index (χ2n) is 3.55. The number of carbonyl (C=O) groups is 1. The molecule has 0 spiro atoms. The van der Waals surface area contributed by atoms with Crippen molar-refractivity contribution < 1.29 is 9.53 Å². The maximum atomic E-state index is 11.7. The molecule has 0 aliphatic carbocycles. The summed E-state index contributed by atoms with van der Waals surface area (Å²) in [6.45, 7) is 2.63. The van der Waals surface area contributed by atoms with Crippen LogP contribution < -0.4 is 0 Å². The van der Waals surface area contributed by atoms with E-state index in [0.717, 1.165) is 5.69 Å². The van der Waals surface area contributed by atoms with Crippen LogP contribution >= 0.6 is 0 Å². The number of nitrogens with zero attached hydrogens (tertiary/aromatic N) is 4. The van der Waals surface area contributed by atoms with Gasteiger partial charge in [-0.05, 0) is 13.0 Å². The fourth-order valence-corrected chi connectivity index (χ4v) is 1.58. The van der Waals surface area contributed by atoms with Crippen LogP contribution in [0.2, 0.25) is 0 Å². The highest BCUT2D eigenvalue weighted by molar-refractivity contribution is 5.90. The van der Waals surface area contributed by atoms with E-state index >= 15 is 0 Å². The molecule has 2 heterocycles. The Kier molecular flexibility index (Phi) is 3.22. The van der Waals surface area contributed by atoms with Crippen LogP contribution in [0.4, 0.5) is 0 Å². The van der Waals surface area contributed by atoms with Gasteiger partial charge in [0.2, 0.25) is 0 Å². The van der Waals surface area contributed by atoms with Crippen molar-refractivity contribution in [2.75, 3.05) is 6.61 Å². The molecule has 2 aromatic heterocycles. The molecule has 6 heteroatoms. The summed E-state index contributed by atoms with van der Waals surface area (Å²) in [5, 5.41) is 8.18. The molecule has 90 valence electrons. The van der Waals surface area contributed by atoms with Gasteiger partial charge in [-0.3, -0.25) is 9.36 Å². The Morgan fingerprint density at radius 3 is 2.94 bits per heavy atom. The van der Waals surface area contributed by atoms with Gasteiger partial charge in [-0.1, -0.05) is 0 Å². The average molecular weight is 234 g/mol. The Morgan fingerprint density at radius 1 is 1.47 bits per heavy atom. The van der Waals surface area contributed by atoms with Gasteiger partial charge in [-0.15, -0.1) is 0 Å². The summed E-state index contributed by atoms with van der Waals surface area (Å²) in [5.74, 6) is -0.345. The predicted octanol–water partition coefficient (Wildman–Crippen LogP) is 0.842. The van der Waals surface area contributed by atoms with E-state index in [-0.39, 0.29) is 5.97 Å². The van der Waals surface area contributed by atoms with E-state index in [0.29, 0.717) is 18.7 Å². The van der Waals surface area contributed by atoms with Gasteiger partial charge in [0, 0.05) is 19.4 Å². The molecule has 17 heavy (non-hydrogen) atoms. The first-order valence-corrected chi connectivity index (χ1v) is 5.37. The molecule has 0 amide bonds. The van der Waals surface area contributed by atoms with E-state index in [1.54, 1.807) is 29.5 Å². The van der Waals surface area contributed by atoms with E-state index in [1.165, 1.54) is 6.20 Å². The first kappa shape index (κ1) is 11.4. The Balaban J connectivity index is 2.26. The summed E-state index contributed by atoms with van der Waals surface area (Å²) in [6, 6.07) is 1.83. The van der Waals surface area contributed by atoms with Crippen LogP contribution in [0.3, 0.4) is 0 Å². The molecule has 0 aromatic carbocycles. The number of ether oxygens (including phenoxy) is 1. The lowest BCUT2D eigenvalue weighted by Crippen LogP contribution is -2.12. The van der Waals surface area contributed by atoms with Crippen molar-refractivity contribution in [1.29, 1.82) is 0 Å². The Bertz CT molecular complexity index is 502. The van der Waals surface area contributed by atoms with Crippen molar-refractivity contribution in [3.05, 3.63) is 35.9 Å². The summed E-state index contributed by atoms with van der Waals surface area (Å²) in [7, 11) is 1.79. The van der Waals surface area contributed by atoms with E-state index in [1.807, 2.05) is 12.3 Å². The Labute approximate surface area is 98.8 Å². The van der Waals surface area contributed by atoms with Gasteiger partial charge in [0.15, 0.2) is 0 Å². The van der Waals surface area contributed by atoms with Crippen LogP contribution in [0.25, 0.3) is 0 Å². The molecule has 0 unspecified atom stereocenters. The Morgan fingerprint density at radius 2 is 2.29 bits per heavy atom. The largest absolute Gasteiger partial charge is 0.462 e. The lowest BCUT2D eigenvalue weighted by atomic mass is 10.2. The monoisotopic (exact) mass is 234 g/mol. The quantitative estimate of drug-likeness (QED) is 0.735. The van der Waals surface area contributed by atoms with Crippen LogP contribution in [0.5, 0.6) is 0 Å². The minimum absolute atomic E-state index is 0.345. The fourth-order valence-electron chi connectivity index (χ4n) is 1.58. The summed E-state index contributed by atoms with van der Waals surface area (Å²) in [5.41, 5.74) is 1.28. The second kappa shape index (κ2) is 4.82. The maximum absolute atomic E-state index is 11.7. The fraction of sp³-hybridized carbons (Fsp3) is 0.364. The molecule has 0 saturated heterocycles. The lowest BCUT2D eigenvalue weighted by Gasteiger charge is -2.06. The number of esters is 1. The van der Waals surface area contributed by atoms with Gasteiger partial charge >= 0.3 is 5.97 Å². The zero-order valence-corrected chi connectivity index (χ0v) is 9.83. The van der Waals surface area contributed by atoms with Gasteiger partial charge in [-0.2, -0.15) is 10.2 Å². The number of rotatable bonds is 4. The number of aromatic nitrogens is 4. The molecule has 6 nitrogen and oxygen atoms in total. The highest BCUT2D eigenvalue weighted by atomic mass is 16.5. The molecule has 0 aliphatic rings. The Hall–Kier alpha value is -2.11. The van der Waals surface area contributed by atoms with E-state index in [4.69, 9.17) is 4.74 Å². The van der Waals surface area contributed by atoms with Gasteiger partial charge in [0.1, 0.15) is 5.56 Å². The first-order valence-electron chi connectivity index (χ1n) is 5.37. The SMILES string of the molecule is CCOC(=O)c1cnn(C)c1Cn1cccn1. The van der Waals surface area contributed by atoms with Crippen molar-refractivity contribution >= 4 is 5.97 Å². The third-order valence-electron chi connectivity index (χ3n) is 2.43. The topological polar surface area (TPSA) is 61.9 Å². The summed E-state index contributed by atoms with van der Waals surface area (Å²) < 4.78 is 8.38. The zero-order valence-electron chi connectivity index (χ0n) is 9.83. The minimum Gasteiger partial charge on any atom is -0.462 e. The summed E-state index contributed by atoms with van der Waals surface area (Å²) >= 11 is 0. The molecular weight excluding hydrogens is 220 g/mol. The third-order valence-corrected chi connectivity index (χ3v) is 2.43. The third kappa shape index (κ3) is 2.35. The first-order chi connectivity index (χ1) is 8.22.